The molecule has 1 aromatic heterocycles. The molecule has 0 bridgehead atoms. The van der Waals surface area contributed by atoms with Crippen molar-refractivity contribution in [2.75, 3.05) is 7.05 Å². The molecule has 0 radical (unpaired) electrons. The first-order chi connectivity index (χ1) is 10.0. The van der Waals surface area contributed by atoms with Crippen LogP contribution in [0.4, 0.5) is 0 Å². The van der Waals surface area contributed by atoms with Gasteiger partial charge in [0.25, 0.3) is 5.91 Å². The van der Waals surface area contributed by atoms with Gasteiger partial charge in [0.1, 0.15) is 17.1 Å². The molecule has 0 unspecified atom stereocenters. The highest BCUT2D eigenvalue weighted by Crippen LogP contribution is 2.27. The van der Waals surface area contributed by atoms with E-state index in [2.05, 4.69) is 4.98 Å². The number of phenols is 2. The summed E-state index contributed by atoms with van der Waals surface area (Å²) in [6.45, 7) is 2.35. The van der Waals surface area contributed by atoms with Crippen LogP contribution in [0.2, 0.25) is 0 Å². The third-order valence-electron chi connectivity index (χ3n) is 3.27. The number of aromatic nitrogens is 1. The van der Waals surface area contributed by atoms with Crippen LogP contribution in [0.1, 0.15) is 28.5 Å². The van der Waals surface area contributed by atoms with Crippen LogP contribution in [0.3, 0.4) is 0 Å². The largest absolute Gasteiger partial charge is 0.507 e. The summed E-state index contributed by atoms with van der Waals surface area (Å²) < 4.78 is 0. The molecule has 5 heteroatoms. The van der Waals surface area contributed by atoms with Crippen molar-refractivity contribution in [1.82, 2.24) is 9.88 Å². The van der Waals surface area contributed by atoms with E-state index in [0.717, 1.165) is 17.7 Å². The molecule has 110 valence electrons. The second-order valence-electron chi connectivity index (χ2n) is 4.84. The number of carbonyl (C=O) groups excluding carboxylic acids is 1. The summed E-state index contributed by atoms with van der Waals surface area (Å²) in [6.07, 6.45) is 2.69. The van der Waals surface area contributed by atoms with Gasteiger partial charge in [-0.15, -0.1) is 0 Å². The van der Waals surface area contributed by atoms with Crippen molar-refractivity contribution in [1.29, 1.82) is 0 Å². The second-order valence-corrected chi connectivity index (χ2v) is 4.84. The maximum atomic E-state index is 12.3. The highest BCUT2D eigenvalue weighted by atomic mass is 16.3. The summed E-state index contributed by atoms with van der Waals surface area (Å²) in [6, 6.07) is 8.06. The van der Waals surface area contributed by atoms with E-state index in [1.165, 1.54) is 23.1 Å². The molecule has 2 rings (SSSR count). The van der Waals surface area contributed by atoms with Crippen molar-refractivity contribution in [3.8, 4) is 11.5 Å². The van der Waals surface area contributed by atoms with Crippen molar-refractivity contribution in [2.24, 2.45) is 0 Å². The zero-order chi connectivity index (χ0) is 15.4. The molecule has 0 aliphatic rings. The Hall–Kier alpha value is -2.56. The minimum absolute atomic E-state index is 0.0924. The van der Waals surface area contributed by atoms with Crippen LogP contribution in [0.25, 0.3) is 0 Å². The molecule has 2 N–H and O–H groups in total. The van der Waals surface area contributed by atoms with Gasteiger partial charge < -0.3 is 15.1 Å². The third-order valence-corrected chi connectivity index (χ3v) is 3.27. The zero-order valence-corrected chi connectivity index (χ0v) is 12.1. The molecule has 0 aliphatic carbocycles. The lowest BCUT2D eigenvalue weighted by Gasteiger charge is -2.18. The lowest BCUT2D eigenvalue weighted by molar-refractivity contribution is 0.0777. The first-order valence-electron chi connectivity index (χ1n) is 6.73. The Kier molecular flexibility index (Phi) is 4.42. The van der Waals surface area contributed by atoms with Gasteiger partial charge in [0, 0.05) is 13.2 Å². The van der Waals surface area contributed by atoms with Crippen LogP contribution in [-0.2, 0) is 13.0 Å². The number of phenolic OH excluding ortho intramolecular Hbond substituents is 2. The average molecular weight is 286 g/mol. The smallest absolute Gasteiger partial charge is 0.261 e. The Bertz CT molecular complexity index is 618. The van der Waals surface area contributed by atoms with Gasteiger partial charge >= 0.3 is 0 Å². The second kappa shape index (κ2) is 6.26. The van der Waals surface area contributed by atoms with Gasteiger partial charge in [-0.3, -0.25) is 9.78 Å². The fraction of sp³-hybridized carbons (Fsp3) is 0.250. The highest BCUT2D eigenvalue weighted by Gasteiger charge is 2.20. The van der Waals surface area contributed by atoms with Crippen molar-refractivity contribution >= 4 is 5.91 Å². The Morgan fingerprint density at radius 3 is 2.38 bits per heavy atom. The molecule has 0 fully saturated rings. The molecule has 5 nitrogen and oxygen atoms in total. The predicted octanol–water partition coefficient (Wildman–Crippen LogP) is 2.33. The maximum absolute atomic E-state index is 12.3. The number of benzene rings is 1. The number of rotatable bonds is 4. The minimum atomic E-state index is -0.452. The molecule has 1 aromatic carbocycles. The Morgan fingerprint density at radius 2 is 1.86 bits per heavy atom. The maximum Gasteiger partial charge on any atom is 0.261 e. The van der Waals surface area contributed by atoms with Crippen molar-refractivity contribution in [3.63, 3.8) is 0 Å². The van der Waals surface area contributed by atoms with Crippen molar-refractivity contribution < 1.29 is 15.0 Å². The summed E-state index contributed by atoms with van der Waals surface area (Å²) in [5.41, 5.74) is 1.79. The van der Waals surface area contributed by atoms with E-state index in [1.54, 1.807) is 13.2 Å². The van der Waals surface area contributed by atoms with E-state index < -0.39 is 5.91 Å². The number of hydrogen-bond acceptors (Lipinski definition) is 4. The summed E-state index contributed by atoms with van der Waals surface area (Å²) in [5.74, 6) is -0.922. The van der Waals surface area contributed by atoms with Crippen LogP contribution in [0.15, 0.2) is 36.5 Å². The minimum Gasteiger partial charge on any atom is -0.507 e. The molecular formula is C16H18N2O3. The Labute approximate surface area is 123 Å². The molecule has 1 amide bonds. The fourth-order valence-corrected chi connectivity index (χ4v) is 2.01. The third kappa shape index (κ3) is 3.31. The average Bonchev–Trinajstić information content (AvgIpc) is 2.47. The topological polar surface area (TPSA) is 73.7 Å². The van der Waals surface area contributed by atoms with Crippen LogP contribution < -0.4 is 0 Å². The quantitative estimate of drug-likeness (QED) is 0.904. The van der Waals surface area contributed by atoms with E-state index >= 15 is 0 Å². The summed E-state index contributed by atoms with van der Waals surface area (Å²) >= 11 is 0. The van der Waals surface area contributed by atoms with Crippen LogP contribution >= 0.6 is 0 Å². The monoisotopic (exact) mass is 286 g/mol. The number of aromatic hydroxyl groups is 2. The van der Waals surface area contributed by atoms with E-state index in [0.29, 0.717) is 6.54 Å². The van der Waals surface area contributed by atoms with Crippen molar-refractivity contribution in [2.45, 2.75) is 19.9 Å². The van der Waals surface area contributed by atoms with Gasteiger partial charge in [0.05, 0.1) is 12.2 Å². The van der Waals surface area contributed by atoms with Crippen LogP contribution in [0, 0.1) is 0 Å². The van der Waals surface area contributed by atoms with Gasteiger partial charge in [0.2, 0.25) is 0 Å². The highest BCUT2D eigenvalue weighted by molar-refractivity contribution is 5.99. The molecule has 0 atom stereocenters. The number of pyridine rings is 1. The zero-order valence-electron chi connectivity index (χ0n) is 12.1. The van der Waals surface area contributed by atoms with Gasteiger partial charge in [-0.1, -0.05) is 19.1 Å². The number of amides is 1. The molecule has 0 aliphatic heterocycles. The van der Waals surface area contributed by atoms with Gasteiger partial charge in [-0.05, 0) is 30.2 Å². The number of carbonyl (C=O) groups is 1. The lowest BCUT2D eigenvalue weighted by atomic mass is 10.1. The van der Waals surface area contributed by atoms with Gasteiger partial charge in [-0.2, -0.15) is 0 Å². The Morgan fingerprint density at radius 1 is 1.19 bits per heavy atom. The van der Waals surface area contributed by atoms with E-state index in [-0.39, 0.29) is 17.1 Å². The van der Waals surface area contributed by atoms with E-state index in [1.807, 2.05) is 19.1 Å². The summed E-state index contributed by atoms with van der Waals surface area (Å²) in [7, 11) is 1.60. The molecule has 21 heavy (non-hydrogen) atoms. The normalized spacial score (nSPS) is 10.4. The predicted molar refractivity (Wildman–Crippen MR) is 79.2 cm³/mol. The Balaban J connectivity index is 2.15. The van der Waals surface area contributed by atoms with Crippen LogP contribution in [-0.4, -0.2) is 33.1 Å². The SMILES string of the molecule is CCc1ccc(CN(C)C(=O)c2c(O)cccc2O)nc1. The molecule has 1 heterocycles. The summed E-state index contributed by atoms with van der Waals surface area (Å²) in [4.78, 5) is 18.0. The van der Waals surface area contributed by atoms with Crippen molar-refractivity contribution in [3.05, 3.63) is 53.3 Å². The standard InChI is InChI=1S/C16H18N2O3/c1-3-11-7-8-12(17-9-11)10-18(2)16(21)15-13(19)5-4-6-14(15)20/h4-9,19-20H,3,10H2,1-2H3. The first kappa shape index (κ1) is 14.8. The van der Waals surface area contributed by atoms with Crippen LogP contribution in [0.5, 0.6) is 11.5 Å². The summed E-state index contributed by atoms with van der Waals surface area (Å²) in [5, 5.41) is 19.4. The molecule has 0 saturated heterocycles. The lowest BCUT2D eigenvalue weighted by Crippen LogP contribution is -2.26. The van der Waals surface area contributed by atoms with Gasteiger partial charge in [-0.25, -0.2) is 0 Å². The van der Waals surface area contributed by atoms with Gasteiger partial charge in [0.15, 0.2) is 0 Å². The number of nitrogens with zero attached hydrogens (tertiary/aromatic N) is 2. The number of hydrogen-bond donors (Lipinski definition) is 2. The first-order valence-corrected chi connectivity index (χ1v) is 6.73. The number of aryl methyl sites for hydroxylation is 1. The molecule has 0 spiro atoms. The molecule has 0 saturated carbocycles. The molecule has 2 aromatic rings. The van der Waals surface area contributed by atoms with E-state index in [9.17, 15) is 15.0 Å². The molecular weight excluding hydrogens is 268 g/mol. The fourth-order valence-electron chi connectivity index (χ4n) is 2.01. The van der Waals surface area contributed by atoms with E-state index in [4.69, 9.17) is 0 Å².